The maximum atomic E-state index is 13.3. The van der Waals surface area contributed by atoms with Gasteiger partial charge in [0.2, 0.25) is 5.78 Å². The Bertz CT molecular complexity index is 1110. The fraction of sp³-hybridized carbons (Fsp3) is 0.160. The lowest BCUT2D eigenvalue weighted by Crippen LogP contribution is -2.51. The minimum Gasteiger partial charge on any atom is -0.345 e. The smallest absolute Gasteiger partial charge is 0.253 e. The van der Waals surface area contributed by atoms with Crippen LogP contribution in [0.1, 0.15) is 43.2 Å². The van der Waals surface area contributed by atoms with Crippen molar-refractivity contribution in [2.24, 2.45) is 0 Å². The number of hydrogen-bond acceptors (Lipinski definition) is 4. The number of hydrogen-bond donors (Lipinski definition) is 1. The van der Waals surface area contributed by atoms with Gasteiger partial charge in [-0.25, -0.2) is 0 Å². The summed E-state index contributed by atoms with van der Waals surface area (Å²) in [6, 6.07) is 20.0. The van der Waals surface area contributed by atoms with Crippen molar-refractivity contribution in [1.29, 1.82) is 0 Å². The average molecular weight is 397 g/mol. The number of ketones is 1. The van der Waals surface area contributed by atoms with Crippen LogP contribution >= 0.6 is 0 Å². The Kier molecular flexibility index (Phi) is 5.44. The highest BCUT2D eigenvalue weighted by molar-refractivity contribution is 6.04. The van der Waals surface area contributed by atoms with Crippen LogP contribution < -0.4 is 5.32 Å². The third-order valence-corrected chi connectivity index (χ3v) is 5.30. The van der Waals surface area contributed by atoms with Crippen molar-refractivity contribution in [3.63, 3.8) is 0 Å². The summed E-state index contributed by atoms with van der Waals surface area (Å²) in [6.45, 7) is 4.44. The molecule has 2 heterocycles. The first-order chi connectivity index (χ1) is 14.5. The summed E-state index contributed by atoms with van der Waals surface area (Å²) in [5.74, 6) is -0.464. The fourth-order valence-corrected chi connectivity index (χ4v) is 3.48. The average Bonchev–Trinajstić information content (AvgIpc) is 2.78. The van der Waals surface area contributed by atoms with Gasteiger partial charge in [-0.15, -0.1) is 0 Å². The van der Waals surface area contributed by atoms with Crippen molar-refractivity contribution in [2.45, 2.75) is 26.6 Å². The Morgan fingerprint density at radius 1 is 0.967 bits per heavy atom. The highest BCUT2D eigenvalue weighted by Crippen LogP contribution is 2.23. The van der Waals surface area contributed by atoms with Crippen LogP contribution in [0.15, 0.2) is 72.9 Å². The Hall–Kier alpha value is -3.73. The number of Topliss-reactive ketones (excluding diaryl/α,β-unsaturated/α-hetero) is 1. The zero-order chi connectivity index (χ0) is 21.1. The van der Waals surface area contributed by atoms with Crippen LogP contribution in [0, 0.1) is 13.8 Å². The number of fused-ring (bicyclic) bond motifs is 1. The van der Waals surface area contributed by atoms with E-state index in [2.05, 4.69) is 11.4 Å². The topological polar surface area (TPSA) is 62.3 Å². The number of pyridine rings is 1. The van der Waals surface area contributed by atoms with Crippen molar-refractivity contribution >= 4 is 17.8 Å². The van der Waals surface area contributed by atoms with Gasteiger partial charge in [-0.05, 0) is 49.2 Å². The van der Waals surface area contributed by atoms with E-state index in [1.165, 1.54) is 0 Å². The van der Waals surface area contributed by atoms with Gasteiger partial charge in [-0.3, -0.25) is 14.6 Å². The van der Waals surface area contributed by atoms with Crippen molar-refractivity contribution < 1.29 is 9.59 Å². The molecule has 1 aliphatic rings. The molecule has 0 aliphatic carbocycles. The van der Waals surface area contributed by atoms with E-state index in [4.69, 9.17) is 4.98 Å². The number of carbonyl (C=O) groups is 2. The maximum Gasteiger partial charge on any atom is 0.253 e. The first-order valence-electron chi connectivity index (χ1n) is 9.89. The summed E-state index contributed by atoms with van der Waals surface area (Å²) in [5, 5.41) is 2.92. The van der Waals surface area contributed by atoms with Crippen LogP contribution in [0.2, 0.25) is 0 Å². The van der Waals surface area contributed by atoms with Crippen LogP contribution in [0.3, 0.4) is 0 Å². The van der Waals surface area contributed by atoms with Gasteiger partial charge in [0.25, 0.3) is 5.91 Å². The van der Waals surface area contributed by atoms with E-state index in [1.54, 1.807) is 36.4 Å². The standard InChI is InChI=1S/C25H23N3O2/c1-17-15-21-13-14-28(16-22(21)26-18(17)2)24(23(29)19-9-5-3-6-10-19)27-25(30)20-11-7-4-8-12-20/h3-15,24H,16H2,1-2H3,(H,27,30). The lowest BCUT2D eigenvalue weighted by molar-refractivity contribution is 0.0742. The number of benzene rings is 2. The van der Waals surface area contributed by atoms with Gasteiger partial charge in [-0.1, -0.05) is 48.5 Å². The van der Waals surface area contributed by atoms with E-state index in [0.717, 1.165) is 22.5 Å². The van der Waals surface area contributed by atoms with Gasteiger partial charge in [0.15, 0.2) is 6.17 Å². The molecule has 1 aromatic heterocycles. The Labute approximate surface area is 176 Å². The second-order valence-electron chi connectivity index (χ2n) is 7.39. The first-order valence-corrected chi connectivity index (χ1v) is 9.89. The highest BCUT2D eigenvalue weighted by Gasteiger charge is 2.29. The van der Waals surface area contributed by atoms with Crippen molar-refractivity contribution in [1.82, 2.24) is 15.2 Å². The van der Waals surface area contributed by atoms with E-state index in [0.29, 0.717) is 17.7 Å². The molecule has 0 fully saturated rings. The van der Waals surface area contributed by atoms with Gasteiger partial charge in [0.05, 0.1) is 12.2 Å². The number of rotatable bonds is 5. The Morgan fingerprint density at radius 2 is 1.60 bits per heavy atom. The minimum atomic E-state index is -0.840. The van der Waals surface area contributed by atoms with E-state index < -0.39 is 6.17 Å². The predicted molar refractivity (Wildman–Crippen MR) is 117 cm³/mol. The molecule has 5 nitrogen and oxygen atoms in total. The van der Waals surface area contributed by atoms with Gasteiger partial charge in [0.1, 0.15) is 0 Å². The molecule has 1 unspecified atom stereocenters. The third-order valence-electron chi connectivity index (χ3n) is 5.30. The molecular weight excluding hydrogens is 374 g/mol. The molecular formula is C25H23N3O2. The third kappa shape index (κ3) is 4.01. The highest BCUT2D eigenvalue weighted by atomic mass is 16.2. The van der Waals surface area contributed by atoms with Crippen LogP contribution in [-0.4, -0.2) is 27.7 Å². The first kappa shape index (κ1) is 19.6. The maximum absolute atomic E-state index is 13.3. The van der Waals surface area contributed by atoms with Crippen LogP contribution in [0.4, 0.5) is 0 Å². The lowest BCUT2D eigenvalue weighted by Gasteiger charge is -2.33. The van der Waals surface area contributed by atoms with Gasteiger partial charge in [0, 0.05) is 23.0 Å². The monoisotopic (exact) mass is 397 g/mol. The number of aromatic nitrogens is 1. The molecule has 150 valence electrons. The zero-order valence-electron chi connectivity index (χ0n) is 17.0. The Morgan fingerprint density at radius 3 is 2.27 bits per heavy atom. The van der Waals surface area contributed by atoms with Crippen molar-refractivity contribution in [3.05, 3.63) is 107 Å². The largest absolute Gasteiger partial charge is 0.345 e. The van der Waals surface area contributed by atoms with Gasteiger partial charge in [-0.2, -0.15) is 0 Å². The molecule has 30 heavy (non-hydrogen) atoms. The molecule has 0 saturated carbocycles. The SMILES string of the molecule is Cc1cc2c(nc1C)CN(C(NC(=O)c1ccccc1)C(=O)c1ccccc1)C=C2. The van der Waals surface area contributed by atoms with Gasteiger partial charge < -0.3 is 10.2 Å². The van der Waals surface area contributed by atoms with Crippen LogP contribution in [0.25, 0.3) is 6.08 Å². The molecule has 1 aliphatic heterocycles. The lowest BCUT2D eigenvalue weighted by atomic mass is 10.0. The normalized spacial score (nSPS) is 13.5. The number of carbonyl (C=O) groups excluding carboxylic acids is 2. The fourth-order valence-electron chi connectivity index (χ4n) is 3.48. The molecule has 1 amide bonds. The molecule has 2 aromatic carbocycles. The molecule has 0 saturated heterocycles. The molecule has 0 bridgehead atoms. The predicted octanol–water partition coefficient (Wildman–Crippen LogP) is 4.12. The minimum absolute atomic E-state index is 0.170. The van der Waals surface area contributed by atoms with Crippen molar-refractivity contribution in [3.8, 4) is 0 Å². The number of aryl methyl sites for hydroxylation is 2. The quantitative estimate of drug-likeness (QED) is 0.658. The summed E-state index contributed by atoms with van der Waals surface area (Å²) in [7, 11) is 0. The van der Waals surface area contributed by atoms with Crippen LogP contribution in [0.5, 0.6) is 0 Å². The molecule has 5 heteroatoms. The van der Waals surface area contributed by atoms with E-state index >= 15 is 0 Å². The van der Waals surface area contributed by atoms with Crippen LogP contribution in [-0.2, 0) is 6.54 Å². The van der Waals surface area contributed by atoms with E-state index in [1.807, 2.05) is 55.3 Å². The Balaban J connectivity index is 1.66. The number of nitrogens with one attached hydrogen (secondary N) is 1. The second kappa shape index (κ2) is 8.33. The summed E-state index contributed by atoms with van der Waals surface area (Å²) in [6.07, 6.45) is 2.96. The summed E-state index contributed by atoms with van der Waals surface area (Å²) < 4.78 is 0. The summed E-state index contributed by atoms with van der Waals surface area (Å²) >= 11 is 0. The van der Waals surface area contributed by atoms with Gasteiger partial charge >= 0.3 is 0 Å². The number of amides is 1. The zero-order valence-corrected chi connectivity index (χ0v) is 17.0. The van der Waals surface area contributed by atoms with E-state index in [9.17, 15) is 9.59 Å². The van der Waals surface area contributed by atoms with Crippen molar-refractivity contribution in [2.75, 3.05) is 0 Å². The number of nitrogens with zero attached hydrogens (tertiary/aromatic N) is 2. The molecule has 3 aromatic rings. The summed E-state index contributed by atoms with van der Waals surface area (Å²) in [4.78, 5) is 32.7. The molecule has 1 atom stereocenters. The second-order valence-corrected chi connectivity index (χ2v) is 7.39. The summed E-state index contributed by atoms with van der Waals surface area (Å²) in [5.41, 5.74) is 5.07. The molecule has 0 spiro atoms. The molecule has 4 rings (SSSR count). The molecule has 0 radical (unpaired) electrons. The molecule has 1 N–H and O–H groups in total. The van der Waals surface area contributed by atoms with E-state index in [-0.39, 0.29) is 11.7 Å².